The number of ketones is 1. The second-order valence-electron chi connectivity index (χ2n) is 4.62. The number of esters is 1. The number of carbonyl (C=O) groups excluding carboxylic acids is 2. The van der Waals surface area contributed by atoms with Crippen LogP contribution in [0.1, 0.15) is 31.2 Å². The third kappa shape index (κ3) is 2.34. The standard InChI is InChI=1S/C14H15BrO3/c1-18-13(17)14(8-6-12(16)7-9-14)10-2-4-11(15)5-3-10/h2-5H,6-9H2,1H3. The molecule has 2 rings (SSSR count). The fourth-order valence-corrected chi connectivity index (χ4v) is 2.79. The third-order valence-electron chi connectivity index (χ3n) is 3.63. The molecule has 0 radical (unpaired) electrons. The summed E-state index contributed by atoms with van der Waals surface area (Å²) >= 11 is 3.38. The molecule has 0 amide bonds. The Labute approximate surface area is 115 Å². The van der Waals surface area contributed by atoms with Crippen molar-refractivity contribution in [3.8, 4) is 0 Å². The molecule has 0 saturated heterocycles. The van der Waals surface area contributed by atoms with E-state index < -0.39 is 5.41 Å². The molecule has 0 bridgehead atoms. The van der Waals surface area contributed by atoms with Crippen LogP contribution in [0, 0.1) is 0 Å². The van der Waals surface area contributed by atoms with Crippen LogP contribution in [0.2, 0.25) is 0 Å². The number of hydrogen-bond acceptors (Lipinski definition) is 3. The summed E-state index contributed by atoms with van der Waals surface area (Å²) in [4.78, 5) is 23.5. The number of ether oxygens (including phenoxy) is 1. The first kappa shape index (κ1) is 13.3. The number of benzene rings is 1. The number of rotatable bonds is 2. The summed E-state index contributed by atoms with van der Waals surface area (Å²) in [5.41, 5.74) is 0.286. The van der Waals surface area contributed by atoms with Gasteiger partial charge in [-0.2, -0.15) is 0 Å². The molecule has 96 valence electrons. The third-order valence-corrected chi connectivity index (χ3v) is 4.16. The van der Waals surface area contributed by atoms with Gasteiger partial charge in [-0.3, -0.25) is 9.59 Å². The zero-order chi connectivity index (χ0) is 13.2. The Hall–Kier alpha value is -1.16. The van der Waals surface area contributed by atoms with Crippen molar-refractivity contribution in [2.24, 2.45) is 0 Å². The van der Waals surface area contributed by atoms with E-state index >= 15 is 0 Å². The first-order valence-electron chi connectivity index (χ1n) is 5.95. The highest BCUT2D eigenvalue weighted by Gasteiger charge is 2.43. The molecule has 1 saturated carbocycles. The van der Waals surface area contributed by atoms with E-state index in [4.69, 9.17) is 4.74 Å². The van der Waals surface area contributed by atoms with Gasteiger partial charge in [0, 0.05) is 17.3 Å². The van der Waals surface area contributed by atoms with Crippen LogP contribution in [0.4, 0.5) is 0 Å². The minimum atomic E-state index is -0.649. The number of carbonyl (C=O) groups is 2. The van der Waals surface area contributed by atoms with Crippen molar-refractivity contribution in [3.05, 3.63) is 34.3 Å². The maximum absolute atomic E-state index is 12.1. The van der Waals surface area contributed by atoms with Gasteiger partial charge in [0.05, 0.1) is 12.5 Å². The molecule has 4 heteroatoms. The van der Waals surface area contributed by atoms with Crippen molar-refractivity contribution >= 4 is 27.7 Å². The van der Waals surface area contributed by atoms with Crippen molar-refractivity contribution < 1.29 is 14.3 Å². The summed E-state index contributed by atoms with van der Waals surface area (Å²) < 4.78 is 5.92. The number of hydrogen-bond donors (Lipinski definition) is 0. The molecule has 3 nitrogen and oxygen atoms in total. The molecule has 0 spiro atoms. The Morgan fingerprint density at radius 3 is 2.28 bits per heavy atom. The number of methoxy groups -OCH3 is 1. The largest absolute Gasteiger partial charge is 0.468 e. The number of Topliss-reactive ketones (excluding diaryl/α,β-unsaturated/α-hetero) is 1. The summed E-state index contributed by atoms with van der Waals surface area (Å²) in [6, 6.07) is 7.68. The van der Waals surface area contributed by atoms with E-state index in [1.54, 1.807) is 0 Å². The average Bonchev–Trinajstić information content (AvgIpc) is 2.40. The summed E-state index contributed by atoms with van der Waals surface area (Å²) in [6.45, 7) is 0. The molecule has 18 heavy (non-hydrogen) atoms. The molecule has 1 aromatic rings. The predicted octanol–water partition coefficient (Wildman–Crippen LogP) is 3.00. The van der Waals surface area contributed by atoms with Gasteiger partial charge in [-0.15, -0.1) is 0 Å². The Bertz CT molecular complexity index is 454. The monoisotopic (exact) mass is 310 g/mol. The van der Waals surface area contributed by atoms with Gasteiger partial charge < -0.3 is 4.74 Å². The van der Waals surface area contributed by atoms with Gasteiger partial charge in [-0.05, 0) is 30.5 Å². The zero-order valence-electron chi connectivity index (χ0n) is 10.2. The maximum atomic E-state index is 12.1. The second kappa shape index (κ2) is 5.22. The topological polar surface area (TPSA) is 43.4 Å². The van der Waals surface area contributed by atoms with Gasteiger partial charge in [0.15, 0.2) is 0 Å². The van der Waals surface area contributed by atoms with E-state index in [0.717, 1.165) is 10.0 Å². The van der Waals surface area contributed by atoms with E-state index in [2.05, 4.69) is 15.9 Å². The highest BCUT2D eigenvalue weighted by Crippen LogP contribution is 2.39. The van der Waals surface area contributed by atoms with Crippen LogP contribution in [0.5, 0.6) is 0 Å². The SMILES string of the molecule is COC(=O)C1(c2ccc(Br)cc2)CCC(=O)CC1. The summed E-state index contributed by atoms with van der Waals surface area (Å²) in [5.74, 6) is -0.0102. The van der Waals surface area contributed by atoms with Crippen LogP contribution in [0.25, 0.3) is 0 Å². The molecule has 0 aliphatic heterocycles. The lowest BCUT2D eigenvalue weighted by molar-refractivity contribution is -0.149. The van der Waals surface area contributed by atoms with Crippen molar-refractivity contribution in [1.82, 2.24) is 0 Å². The van der Waals surface area contributed by atoms with Gasteiger partial charge in [-0.25, -0.2) is 0 Å². The summed E-state index contributed by atoms with van der Waals surface area (Å²) in [6.07, 6.45) is 1.98. The smallest absolute Gasteiger partial charge is 0.316 e. The Balaban J connectivity index is 2.39. The fourth-order valence-electron chi connectivity index (χ4n) is 2.53. The van der Waals surface area contributed by atoms with Crippen LogP contribution in [0.3, 0.4) is 0 Å². The molecule has 1 fully saturated rings. The molecule has 0 atom stereocenters. The Morgan fingerprint density at radius 1 is 1.22 bits per heavy atom. The molecule has 0 aromatic heterocycles. The zero-order valence-corrected chi connectivity index (χ0v) is 11.8. The quantitative estimate of drug-likeness (QED) is 0.789. The first-order valence-corrected chi connectivity index (χ1v) is 6.74. The van der Waals surface area contributed by atoms with Gasteiger partial charge in [0.2, 0.25) is 0 Å². The van der Waals surface area contributed by atoms with E-state index in [0.29, 0.717) is 25.7 Å². The fraction of sp³-hybridized carbons (Fsp3) is 0.429. The lowest BCUT2D eigenvalue weighted by Crippen LogP contribution is -2.40. The van der Waals surface area contributed by atoms with Crippen molar-refractivity contribution in [2.75, 3.05) is 7.11 Å². The highest BCUT2D eigenvalue weighted by molar-refractivity contribution is 9.10. The summed E-state index contributed by atoms with van der Waals surface area (Å²) in [5, 5.41) is 0. The van der Waals surface area contributed by atoms with E-state index in [9.17, 15) is 9.59 Å². The summed E-state index contributed by atoms with van der Waals surface area (Å²) in [7, 11) is 1.40. The van der Waals surface area contributed by atoms with Crippen molar-refractivity contribution in [2.45, 2.75) is 31.1 Å². The lowest BCUT2D eigenvalue weighted by Gasteiger charge is -2.34. The van der Waals surface area contributed by atoms with E-state index in [1.807, 2.05) is 24.3 Å². The first-order chi connectivity index (χ1) is 8.58. The lowest BCUT2D eigenvalue weighted by atomic mass is 9.69. The Kier molecular flexibility index (Phi) is 3.85. The number of halogens is 1. The molecular formula is C14H15BrO3. The average molecular weight is 311 g/mol. The Morgan fingerprint density at radius 2 is 1.78 bits per heavy atom. The van der Waals surface area contributed by atoms with Crippen molar-refractivity contribution in [3.63, 3.8) is 0 Å². The normalized spacial score (nSPS) is 18.4. The molecule has 0 N–H and O–H groups in total. The second-order valence-corrected chi connectivity index (χ2v) is 5.53. The highest BCUT2D eigenvalue weighted by atomic mass is 79.9. The van der Waals surface area contributed by atoms with Crippen LogP contribution >= 0.6 is 15.9 Å². The van der Waals surface area contributed by atoms with Gasteiger partial charge in [0.1, 0.15) is 5.78 Å². The molecule has 0 heterocycles. The van der Waals surface area contributed by atoms with Gasteiger partial charge in [-0.1, -0.05) is 28.1 Å². The minimum absolute atomic E-state index is 0.228. The maximum Gasteiger partial charge on any atom is 0.316 e. The van der Waals surface area contributed by atoms with Crippen LogP contribution < -0.4 is 0 Å². The molecule has 0 unspecified atom stereocenters. The van der Waals surface area contributed by atoms with Crippen LogP contribution in [-0.2, 0) is 19.7 Å². The van der Waals surface area contributed by atoms with Crippen LogP contribution in [-0.4, -0.2) is 18.9 Å². The molecule has 1 aromatic carbocycles. The minimum Gasteiger partial charge on any atom is -0.468 e. The van der Waals surface area contributed by atoms with Crippen molar-refractivity contribution in [1.29, 1.82) is 0 Å². The van der Waals surface area contributed by atoms with Gasteiger partial charge >= 0.3 is 5.97 Å². The molecule has 1 aliphatic rings. The van der Waals surface area contributed by atoms with Gasteiger partial charge in [0.25, 0.3) is 0 Å². The van der Waals surface area contributed by atoms with Crippen LogP contribution in [0.15, 0.2) is 28.7 Å². The van der Waals surface area contributed by atoms with E-state index in [1.165, 1.54) is 7.11 Å². The predicted molar refractivity (Wildman–Crippen MR) is 71.3 cm³/mol. The van der Waals surface area contributed by atoms with E-state index in [-0.39, 0.29) is 11.8 Å². The molecule has 1 aliphatic carbocycles. The molecular weight excluding hydrogens is 296 g/mol.